The van der Waals surface area contributed by atoms with E-state index in [4.69, 9.17) is 4.42 Å². The summed E-state index contributed by atoms with van der Waals surface area (Å²) >= 11 is 0. The quantitative estimate of drug-likeness (QED) is 0.821. The molecule has 1 aliphatic rings. The van der Waals surface area contributed by atoms with Gasteiger partial charge in [-0.25, -0.2) is 0 Å². The van der Waals surface area contributed by atoms with Crippen LogP contribution in [0, 0.1) is 0 Å². The molecule has 0 aliphatic carbocycles. The molecule has 0 aromatic carbocycles. The van der Waals surface area contributed by atoms with Crippen molar-refractivity contribution in [2.75, 3.05) is 19.6 Å². The molecule has 0 radical (unpaired) electrons. The SMILES string of the molecule is CCNC1CCN(C(C)CCc2ccco2)C1. The Labute approximate surface area is 104 Å². The number of furan rings is 1. The lowest BCUT2D eigenvalue weighted by Crippen LogP contribution is -2.36. The number of nitrogens with one attached hydrogen (secondary N) is 1. The van der Waals surface area contributed by atoms with Gasteiger partial charge in [0, 0.05) is 31.6 Å². The Hall–Kier alpha value is -0.800. The van der Waals surface area contributed by atoms with Crippen molar-refractivity contribution in [1.82, 2.24) is 10.2 Å². The van der Waals surface area contributed by atoms with Crippen LogP contribution in [0.4, 0.5) is 0 Å². The highest BCUT2D eigenvalue weighted by Gasteiger charge is 2.25. The maximum atomic E-state index is 5.38. The zero-order chi connectivity index (χ0) is 12.1. The van der Waals surface area contributed by atoms with E-state index < -0.39 is 0 Å². The first-order valence-electron chi connectivity index (χ1n) is 6.79. The van der Waals surface area contributed by atoms with Gasteiger partial charge in [-0.1, -0.05) is 6.92 Å². The van der Waals surface area contributed by atoms with Crippen LogP contribution in [0.1, 0.15) is 32.4 Å². The van der Waals surface area contributed by atoms with E-state index in [1.807, 2.05) is 6.07 Å². The third-order valence-electron chi connectivity index (χ3n) is 3.72. The summed E-state index contributed by atoms with van der Waals surface area (Å²) in [6, 6.07) is 5.39. The topological polar surface area (TPSA) is 28.4 Å². The Morgan fingerprint density at radius 1 is 1.59 bits per heavy atom. The first kappa shape index (κ1) is 12.7. The number of hydrogen-bond donors (Lipinski definition) is 1. The molecule has 1 aromatic rings. The molecule has 0 amide bonds. The van der Waals surface area contributed by atoms with Crippen LogP contribution in [0.3, 0.4) is 0 Å². The Kier molecular flexibility index (Phi) is 4.63. The van der Waals surface area contributed by atoms with Crippen LogP contribution >= 0.6 is 0 Å². The van der Waals surface area contributed by atoms with E-state index in [0.717, 1.165) is 18.7 Å². The van der Waals surface area contributed by atoms with Crippen LogP contribution in [-0.2, 0) is 6.42 Å². The fourth-order valence-corrected chi connectivity index (χ4v) is 2.63. The minimum absolute atomic E-state index is 0.656. The third kappa shape index (κ3) is 3.58. The summed E-state index contributed by atoms with van der Waals surface area (Å²) in [4.78, 5) is 2.59. The van der Waals surface area contributed by atoms with Crippen molar-refractivity contribution in [2.45, 2.75) is 45.2 Å². The van der Waals surface area contributed by atoms with E-state index >= 15 is 0 Å². The maximum absolute atomic E-state index is 5.38. The van der Waals surface area contributed by atoms with Crippen molar-refractivity contribution >= 4 is 0 Å². The van der Waals surface area contributed by atoms with Crippen molar-refractivity contribution in [3.63, 3.8) is 0 Å². The summed E-state index contributed by atoms with van der Waals surface area (Å²) in [6.45, 7) is 8.03. The van der Waals surface area contributed by atoms with Crippen molar-refractivity contribution < 1.29 is 4.42 Å². The van der Waals surface area contributed by atoms with Crippen LogP contribution in [0.2, 0.25) is 0 Å². The van der Waals surface area contributed by atoms with Crippen LogP contribution in [0.25, 0.3) is 0 Å². The lowest BCUT2D eigenvalue weighted by molar-refractivity contribution is 0.238. The molecule has 1 saturated heterocycles. The number of nitrogens with zero attached hydrogens (tertiary/aromatic N) is 1. The Morgan fingerprint density at radius 2 is 2.47 bits per heavy atom. The molecule has 0 spiro atoms. The first-order chi connectivity index (χ1) is 8.29. The second-order valence-electron chi connectivity index (χ2n) is 5.01. The molecule has 1 fully saturated rings. The summed E-state index contributed by atoms with van der Waals surface area (Å²) in [5.41, 5.74) is 0. The maximum Gasteiger partial charge on any atom is 0.103 e. The van der Waals surface area contributed by atoms with Gasteiger partial charge in [-0.3, -0.25) is 4.90 Å². The second kappa shape index (κ2) is 6.22. The van der Waals surface area contributed by atoms with Crippen molar-refractivity contribution in [3.8, 4) is 0 Å². The molecule has 3 nitrogen and oxygen atoms in total. The number of aryl methyl sites for hydroxylation is 1. The Balaban J connectivity index is 1.71. The molecule has 2 atom stereocenters. The molecule has 2 heterocycles. The van der Waals surface area contributed by atoms with E-state index in [9.17, 15) is 0 Å². The summed E-state index contributed by atoms with van der Waals surface area (Å²) in [7, 11) is 0. The molecule has 2 rings (SSSR count). The highest BCUT2D eigenvalue weighted by atomic mass is 16.3. The van der Waals surface area contributed by atoms with Gasteiger partial charge >= 0.3 is 0 Å². The molecule has 1 aromatic heterocycles. The molecule has 1 aliphatic heterocycles. The third-order valence-corrected chi connectivity index (χ3v) is 3.72. The number of likely N-dealkylation sites (N-methyl/N-ethyl adjacent to an activating group) is 1. The van der Waals surface area contributed by atoms with Crippen molar-refractivity contribution in [3.05, 3.63) is 24.2 Å². The monoisotopic (exact) mass is 236 g/mol. The molecule has 3 heteroatoms. The molecular formula is C14H24N2O. The molecular weight excluding hydrogens is 212 g/mol. The normalized spacial score (nSPS) is 23.1. The summed E-state index contributed by atoms with van der Waals surface area (Å²) in [6.07, 6.45) is 5.29. The minimum atomic E-state index is 0.656. The first-order valence-corrected chi connectivity index (χ1v) is 6.79. The predicted octanol–water partition coefficient (Wildman–Crippen LogP) is 2.28. The summed E-state index contributed by atoms with van der Waals surface area (Å²) < 4.78 is 5.38. The molecule has 96 valence electrons. The van der Waals surface area contributed by atoms with Crippen LogP contribution < -0.4 is 5.32 Å². The van der Waals surface area contributed by atoms with E-state index in [1.165, 1.54) is 25.9 Å². The smallest absolute Gasteiger partial charge is 0.103 e. The Morgan fingerprint density at radius 3 is 3.18 bits per heavy atom. The molecule has 17 heavy (non-hydrogen) atoms. The summed E-state index contributed by atoms with van der Waals surface area (Å²) in [5, 5.41) is 3.54. The Bertz CT molecular complexity index is 310. The van der Waals surface area contributed by atoms with Gasteiger partial charge in [0.25, 0.3) is 0 Å². The number of likely N-dealkylation sites (tertiary alicyclic amines) is 1. The van der Waals surface area contributed by atoms with E-state index in [0.29, 0.717) is 12.1 Å². The molecule has 0 bridgehead atoms. The van der Waals surface area contributed by atoms with Gasteiger partial charge < -0.3 is 9.73 Å². The van der Waals surface area contributed by atoms with Gasteiger partial charge in [0.2, 0.25) is 0 Å². The van der Waals surface area contributed by atoms with E-state index in [1.54, 1.807) is 6.26 Å². The number of rotatable bonds is 6. The van der Waals surface area contributed by atoms with E-state index in [2.05, 4.69) is 30.1 Å². The fourth-order valence-electron chi connectivity index (χ4n) is 2.63. The minimum Gasteiger partial charge on any atom is -0.469 e. The van der Waals surface area contributed by atoms with Gasteiger partial charge in [0.05, 0.1) is 6.26 Å². The second-order valence-corrected chi connectivity index (χ2v) is 5.01. The van der Waals surface area contributed by atoms with Crippen molar-refractivity contribution in [2.24, 2.45) is 0 Å². The van der Waals surface area contributed by atoms with Crippen LogP contribution in [0.15, 0.2) is 22.8 Å². The zero-order valence-electron chi connectivity index (χ0n) is 11.0. The molecule has 2 unspecified atom stereocenters. The van der Waals surface area contributed by atoms with Gasteiger partial charge in [0.1, 0.15) is 5.76 Å². The van der Waals surface area contributed by atoms with Crippen LogP contribution in [0.5, 0.6) is 0 Å². The molecule has 1 N–H and O–H groups in total. The average molecular weight is 236 g/mol. The van der Waals surface area contributed by atoms with Crippen molar-refractivity contribution in [1.29, 1.82) is 0 Å². The lowest BCUT2D eigenvalue weighted by Gasteiger charge is -2.24. The fraction of sp³-hybridized carbons (Fsp3) is 0.714. The van der Waals surface area contributed by atoms with Gasteiger partial charge in [-0.05, 0) is 38.4 Å². The lowest BCUT2D eigenvalue weighted by atomic mass is 10.1. The van der Waals surface area contributed by atoms with E-state index in [-0.39, 0.29) is 0 Å². The zero-order valence-corrected chi connectivity index (χ0v) is 11.0. The highest BCUT2D eigenvalue weighted by Crippen LogP contribution is 2.16. The number of hydrogen-bond acceptors (Lipinski definition) is 3. The van der Waals surface area contributed by atoms with Crippen LogP contribution in [-0.4, -0.2) is 36.6 Å². The van der Waals surface area contributed by atoms with Gasteiger partial charge in [-0.15, -0.1) is 0 Å². The predicted molar refractivity (Wildman–Crippen MR) is 70.1 cm³/mol. The van der Waals surface area contributed by atoms with Gasteiger partial charge in [-0.2, -0.15) is 0 Å². The van der Waals surface area contributed by atoms with Gasteiger partial charge in [0.15, 0.2) is 0 Å². The largest absolute Gasteiger partial charge is 0.469 e. The highest BCUT2D eigenvalue weighted by molar-refractivity contribution is 4.98. The summed E-state index contributed by atoms with van der Waals surface area (Å²) in [5.74, 6) is 1.11. The average Bonchev–Trinajstić information content (AvgIpc) is 2.97. The molecule has 0 saturated carbocycles. The standard InChI is InChI=1S/C14H24N2O/c1-3-15-13-8-9-16(11-13)12(2)6-7-14-5-4-10-17-14/h4-5,10,12-13,15H,3,6-9,11H2,1-2H3.